The summed E-state index contributed by atoms with van der Waals surface area (Å²) in [5.74, 6) is 1.31. The maximum Gasteiger partial charge on any atom is 0.407 e. The van der Waals surface area contributed by atoms with Crippen LogP contribution in [-0.2, 0) is 9.57 Å². The number of ether oxygens (including phenoxy) is 1. The zero-order valence-corrected chi connectivity index (χ0v) is 20.2. The van der Waals surface area contributed by atoms with Crippen LogP contribution in [0.1, 0.15) is 103 Å². The van der Waals surface area contributed by atoms with E-state index in [1.54, 1.807) is 9.96 Å². The molecule has 2 atom stereocenters. The molecule has 0 aromatic carbocycles. The number of hydrogen-bond donors (Lipinski definition) is 1. The number of nitrogens with one attached hydrogen (secondary N) is 1. The molecule has 10 heteroatoms. The molecule has 2 bridgehead atoms. The molecule has 184 valence electrons. The van der Waals surface area contributed by atoms with Crippen LogP contribution in [0.4, 0.5) is 9.59 Å². The summed E-state index contributed by atoms with van der Waals surface area (Å²) in [6, 6.07) is -0.109. The van der Waals surface area contributed by atoms with Gasteiger partial charge in [-0.25, -0.2) is 9.59 Å². The van der Waals surface area contributed by atoms with Crippen molar-refractivity contribution in [1.29, 1.82) is 0 Å². The SMILES string of the molecule is CCCCON1C(=O)N2C[C@@H]1CC[C@H]2c1nnc([C@H]2CC[C@@H](NC(=O)OC(C)(C)C)CC2)o1. The van der Waals surface area contributed by atoms with E-state index in [1.165, 1.54) is 0 Å². The number of piperidine rings is 1. The van der Waals surface area contributed by atoms with Crippen molar-refractivity contribution in [3.8, 4) is 0 Å². The van der Waals surface area contributed by atoms with Crippen molar-refractivity contribution in [3.63, 3.8) is 0 Å². The first-order valence-corrected chi connectivity index (χ1v) is 12.3. The first kappa shape index (κ1) is 23.8. The van der Waals surface area contributed by atoms with E-state index in [2.05, 4.69) is 22.4 Å². The monoisotopic (exact) mass is 463 g/mol. The quantitative estimate of drug-likeness (QED) is 0.601. The second-order valence-corrected chi connectivity index (χ2v) is 10.4. The van der Waals surface area contributed by atoms with Gasteiger partial charge in [-0.2, -0.15) is 5.06 Å². The molecule has 2 aliphatic heterocycles. The molecule has 3 amide bonds. The van der Waals surface area contributed by atoms with Gasteiger partial charge in [-0.05, 0) is 65.7 Å². The fraction of sp³-hybridized carbons (Fsp3) is 0.826. The number of fused-ring (bicyclic) bond motifs is 2. The highest BCUT2D eigenvalue weighted by Crippen LogP contribution is 2.39. The van der Waals surface area contributed by atoms with Gasteiger partial charge in [0.15, 0.2) is 0 Å². The number of amides is 3. The molecular weight excluding hydrogens is 426 g/mol. The molecule has 2 saturated heterocycles. The summed E-state index contributed by atoms with van der Waals surface area (Å²) in [5, 5.41) is 13.1. The standard InChI is InChI=1S/C23H37N5O5/c1-5-6-13-31-28-17-11-12-18(27(14-17)22(28)30)20-26-25-19(32-20)15-7-9-16(10-8-15)24-21(29)33-23(2,3)4/h15-18H,5-14H2,1-4H3,(H,24,29)/t15-,16+,17-,18-/m0/s1. The van der Waals surface area contributed by atoms with Crippen LogP contribution in [-0.4, -0.2) is 63.1 Å². The lowest BCUT2D eigenvalue weighted by molar-refractivity contribution is -0.130. The Hall–Kier alpha value is -2.36. The average molecular weight is 464 g/mol. The normalized spacial score (nSPS) is 27.7. The van der Waals surface area contributed by atoms with Crippen molar-refractivity contribution < 1.29 is 23.6 Å². The van der Waals surface area contributed by atoms with E-state index < -0.39 is 5.60 Å². The maximum absolute atomic E-state index is 12.9. The number of unbranched alkanes of at least 4 members (excludes halogenated alkanes) is 1. The van der Waals surface area contributed by atoms with Gasteiger partial charge in [-0.3, -0.25) is 4.84 Å². The van der Waals surface area contributed by atoms with Crippen LogP contribution in [0.5, 0.6) is 0 Å². The number of nitrogens with zero attached hydrogens (tertiary/aromatic N) is 4. The maximum atomic E-state index is 12.9. The summed E-state index contributed by atoms with van der Waals surface area (Å²) in [5.41, 5.74) is -0.504. The van der Waals surface area contributed by atoms with Gasteiger partial charge in [0.1, 0.15) is 11.6 Å². The van der Waals surface area contributed by atoms with Gasteiger partial charge in [0.2, 0.25) is 11.8 Å². The minimum atomic E-state index is -0.504. The number of aromatic nitrogens is 2. The van der Waals surface area contributed by atoms with Crippen LogP contribution in [0, 0.1) is 0 Å². The average Bonchev–Trinajstić information content (AvgIpc) is 3.33. The number of hydrogen-bond acceptors (Lipinski definition) is 7. The van der Waals surface area contributed by atoms with E-state index >= 15 is 0 Å². The largest absolute Gasteiger partial charge is 0.444 e. The van der Waals surface area contributed by atoms with Crippen LogP contribution < -0.4 is 5.32 Å². The van der Waals surface area contributed by atoms with Gasteiger partial charge >= 0.3 is 12.1 Å². The lowest BCUT2D eigenvalue weighted by Crippen LogP contribution is -2.40. The molecule has 0 radical (unpaired) electrons. The van der Waals surface area contributed by atoms with Gasteiger partial charge in [0.25, 0.3) is 0 Å². The Morgan fingerprint density at radius 2 is 1.85 bits per heavy atom. The topological polar surface area (TPSA) is 110 Å². The second-order valence-electron chi connectivity index (χ2n) is 10.4. The van der Waals surface area contributed by atoms with Gasteiger partial charge in [0, 0.05) is 18.5 Å². The Morgan fingerprint density at radius 3 is 2.55 bits per heavy atom. The Bertz CT molecular complexity index is 829. The molecule has 1 aromatic rings. The number of carbonyl (C=O) groups excluding carboxylic acids is 2. The molecule has 1 aromatic heterocycles. The highest BCUT2D eigenvalue weighted by Gasteiger charge is 2.47. The molecule has 0 spiro atoms. The molecule has 1 aliphatic carbocycles. The third-order valence-corrected chi connectivity index (χ3v) is 6.59. The molecule has 33 heavy (non-hydrogen) atoms. The number of urea groups is 1. The molecule has 3 aliphatic rings. The minimum absolute atomic E-state index is 0.0923. The van der Waals surface area contributed by atoms with E-state index in [-0.39, 0.29) is 36.2 Å². The van der Waals surface area contributed by atoms with Crippen LogP contribution >= 0.6 is 0 Å². The number of rotatable bonds is 7. The molecule has 3 fully saturated rings. The van der Waals surface area contributed by atoms with Gasteiger partial charge in [0.05, 0.1) is 12.6 Å². The molecule has 4 rings (SSSR count). The first-order valence-electron chi connectivity index (χ1n) is 12.3. The zero-order valence-electron chi connectivity index (χ0n) is 20.2. The number of carbonyl (C=O) groups is 2. The Balaban J connectivity index is 1.30. The molecule has 0 unspecified atom stereocenters. The summed E-state index contributed by atoms with van der Waals surface area (Å²) in [6.07, 6.45) is 6.63. The number of alkyl carbamates (subject to hydrolysis) is 1. The van der Waals surface area contributed by atoms with Crippen LogP contribution in [0.15, 0.2) is 4.42 Å². The number of hydroxylamine groups is 2. The van der Waals surface area contributed by atoms with Crippen LogP contribution in [0.3, 0.4) is 0 Å². The van der Waals surface area contributed by atoms with Gasteiger partial charge in [-0.1, -0.05) is 13.3 Å². The fourth-order valence-electron chi connectivity index (χ4n) is 4.87. The van der Waals surface area contributed by atoms with Crippen molar-refractivity contribution >= 4 is 12.1 Å². The predicted octanol–water partition coefficient (Wildman–Crippen LogP) is 4.29. The molecular formula is C23H37N5O5. The van der Waals surface area contributed by atoms with Crippen LogP contribution in [0.2, 0.25) is 0 Å². The lowest BCUT2D eigenvalue weighted by atomic mass is 9.86. The minimum Gasteiger partial charge on any atom is -0.444 e. The van der Waals surface area contributed by atoms with Crippen molar-refractivity contribution in [2.24, 2.45) is 0 Å². The Labute approximate surface area is 195 Å². The fourth-order valence-corrected chi connectivity index (χ4v) is 4.87. The second kappa shape index (κ2) is 9.87. The molecule has 10 nitrogen and oxygen atoms in total. The van der Waals surface area contributed by atoms with Crippen molar-refractivity contribution in [3.05, 3.63) is 11.8 Å². The van der Waals surface area contributed by atoms with E-state index in [1.807, 2.05) is 20.8 Å². The van der Waals surface area contributed by atoms with E-state index in [0.29, 0.717) is 24.9 Å². The third kappa shape index (κ3) is 5.59. The highest BCUT2D eigenvalue weighted by molar-refractivity contribution is 5.77. The van der Waals surface area contributed by atoms with E-state index in [9.17, 15) is 9.59 Å². The molecule has 1 N–H and O–H groups in total. The highest BCUT2D eigenvalue weighted by atomic mass is 16.7. The predicted molar refractivity (Wildman–Crippen MR) is 119 cm³/mol. The summed E-state index contributed by atoms with van der Waals surface area (Å²) in [4.78, 5) is 32.5. The molecule has 1 saturated carbocycles. The van der Waals surface area contributed by atoms with Crippen molar-refractivity contribution in [1.82, 2.24) is 25.5 Å². The van der Waals surface area contributed by atoms with Gasteiger partial charge < -0.3 is 19.4 Å². The van der Waals surface area contributed by atoms with Crippen LogP contribution in [0.25, 0.3) is 0 Å². The lowest BCUT2D eigenvalue weighted by Gasteiger charge is -2.29. The smallest absolute Gasteiger partial charge is 0.407 e. The van der Waals surface area contributed by atoms with E-state index in [4.69, 9.17) is 14.0 Å². The van der Waals surface area contributed by atoms with Crippen molar-refractivity contribution in [2.45, 2.75) is 109 Å². The summed E-state index contributed by atoms with van der Waals surface area (Å²) in [7, 11) is 0. The summed E-state index contributed by atoms with van der Waals surface area (Å²) < 4.78 is 11.4. The zero-order chi connectivity index (χ0) is 23.6. The van der Waals surface area contributed by atoms with E-state index in [0.717, 1.165) is 51.4 Å². The Kier molecular flexibility index (Phi) is 7.11. The third-order valence-electron chi connectivity index (χ3n) is 6.59. The van der Waals surface area contributed by atoms with Crippen molar-refractivity contribution in [2.75, 3.05) is 13.2 Å². The van der Waals surface area contributed by atoms with Gasteiger partial charge in [-0.15, -0.1) is 10.2 Å². The summed E-state index contributed by atoms with van der Waals surface area (Å²) in [6.45, 7) is 8.87. The first-order chi connectivity index (χ1) is 15.7. The Morgan fingerprint density at radius 1 is 1.12 bits per heavy atom. The molecule has 3 heterocycles. The summed E-state index contributed by atoms with van der Waals surface area (Å²) >= 11 is 0.